The number of para-hydroxylation sites is 1. The van der Waals surface area contributed by atoms with E-state index < -0.39 is 0 Å². The van der Waals surface area contributed by atoms with Gasteiger partial charge in [0.1, 0.15) is 0 Å². The molecule has 0 atom stereocenters. The molecule has 0 unspecified atom stereocenters. The second-order valence-corrected chi connectivity index (χ2v) is 7.27. The number of aromatic nitrogens is 2. The highest BCUT2D eigenvalue weighted by Gasteiger charge is 2.14. The van der Waals surface area contributed by atoms with Crippen LogP contribution in [-0.4, -0.2) is 33.2 Å². The molecule has 2 aromatic carbocycles. The van der Waals surface area contributed by atoms with Gasteiger partial charge in [-0.3, -0.25) is 9.36 Å². The largest absolute Gasteiger partial charge is 0.341 e. The third kappa shape index (κ3) is 4.17. The number of hydrogen-bond donors (Lipinski definition) is 0. The van der Waals surface area contributed by atoms with Crippen LogP contribution < -0.4 is 0 Å². The van der Waals surface area contributed by atoms with Crippen LogP contribution in [0.3, 0.4) is 0 Å². The summed E-state index contributed by atoms with van der Waals surface area (Å²) in [5.74, 6) is 0.461. The number of rotatable bonds is 6. The lowest BCUT2D eigenvalue weighted by molar-refractivity contribution is -0.127. The van der Waals surface area contributed by atoms with E-state index in [9.17, 15) is 4.79 Å². The van der Waals surface area contributed by atoms with E-state index in [1.807, 2.05) is 42.1 Å². The molecule has 1 amide bonds. The minimum Gasteiger partial charge on any atom is -0.341 e. The summed E-state index contributed by atoms with van der Waals surface area (Å²) in [4.78, 5) is 18.7. The highest BCUT2D eigenvalue weighted by Crippen LogP contribution is 2.23. The molecule has 0 aliphatic rings. The van der Waals surface area contributed by atoms with Crippen molar-refractivity contribution in [2.75, 3.05) is 12.8 Å². The normalized spacial score (nSPS) is 10.7. The summed E-state index contributed by atoms with van der Waals surface area (Å²) in [6, 6.07) is 16.3. The highest BCUT2D eigenvalue weighted by atomic mass is 32.2. The highest BCUT2D eigenvalue weighted by molar-refractivity contribution is 7.99. The quantitative estimate of drug-likeness (QED) is 0.613. The van der Waals surface area contributed by atoms with Gasteiger partial charge in [-0.25, -0.2) is 4.98 Å². The summed E-state index contributed by atoms with van der Waals surface area (Å²) >= 11 is 1.47. The third-order valence-corrected chi connectivity index (χ3v) is 5.35. The molecule has 0 saturated heterocycles. The first-order valence-electron chi connectivity index (χ1n) is 8.57. The molecule has 0 saturated carbocycles. The Labute approximate surface area is 158 Å². The second-order valence-electron chi connectivity index (χ2n) is 6.33. The number of carbonyl (C=O) groups excluding carboxylic acids is 1. The summed E-state index contributed by atoms with van der Waals surface area (Å²) < 4.78 is 2.04. The summed E-state index contributed by atoms with van der Waals surface area (Å²) in [5, 5.41) is 0.831. The van der Waals surface area contributed by atoms with Gasteiger partial charge in [-0.2, -0.15) is 0 Å². The van der Waals surface area contributed by atoms with Crippen LogP contribution in [0.15, 0.2) is 66.1 Å². The summed E-state index contributed by atoms with van der Waals surface area (Å²) in [7, 11) is 1.85. The van der Waals surface area contributed by atoms with E-state index in [0.717, 1.165) is 10.8 Å². The molecule has 0 spiro atoms. The average molecular weight is 366 g/mol. The first-order chi connectivity index (χ1) is 12.6. The first kappa shape index (κ1) is 18.3. The van der Waals surface area contributed by atoms with Crippen LogP contribution >= 0.6 is 11.8 Å². The Bertz CT molecular complexity index is 904. The van der Waals surface area contributed by atoms with Crippen molar-refractivity contribution >= 4 is 17.7 Å². The van der Waals surface area contributed by atoms with Crippen LogP contribution in [0.25, 0.3) is 5.69 Å². The summed E-state index contributed by atoms with van der Waals surface area (Å²) in [6.45, 7) is 4.77. The maximum Gasteiger partial charge on any atom is 0.233 e. The predicted molar refractivity (Wildman–Crippen MR) is 107 cm³/mol. The van der Waals surface area contributed by atoms with Gasteiger partial charge in [0.15, 0.2) is 5.16 Å². The number of carbonyl (C=O) groups is 1. The number of aryl methyl sites for hydroxylation is 2. The molecule has 5 heteroatoms. The lowest BCUT2D eigenvalue weighted by Gasteiger charge is -2.18. The molecule has 1 heterocycles. The van der Waals surface area contributed by atoms with Gasteiger partial charge in [-0.1, -0.05) is 54.2 Å². The molecule has 0 aliphatic heterocycles. The van der Waals surface area contributed by atoms with Crippen LogP contribution in [0.1, 0.15) is 16.7 Å². The van der Waals surface area contributed by atoms with Gasteiger partial charge in [0.05, 0.1) is 11.4 Å². The molecular weight excluding hydrogens is 342 g/mol. The van der Waals surface area contributed by atoms with Crippen LogP contribution in [0.5, 0.6) is 0 Å². The topological polar surface area (TPSA) is 38.1 Å². The molecule has 3 aromatic rings. The molecule has 134 valence electrons. The van der Waals surface area contributed by atoms with E-state index in [1.54, 1.807) is 11.1 Å². The lowest BCUT2D eigenvalue weighted by atomic mass is 10.1. The molecule has 26 heavy (non-hydrogen) atoms. The van der Waals surface area contributed by atoms with Crippen molar-refractivity contribution in [3.63, 3.8) is 0 Å². The minimum absolute atomic E-state index is 0.0950. The van der Waals surface area contributed by atoms with Crippen LogP contribution in [-0.2, 0) is 11.3 Å². The maximum atomic E-state index is 12.5. The zero-order chi connectivity index (χ0) is 18.5. The molecule has 3 rings (SSSR count). The number of thioether (sulfide) groups is 1. The van der Waals surface area contributed by atoms with Gasteiger partial charge in [0.2, 0.25) is 5.91 Å². The van der Waals surface area contributed by atoms with E-state index in [2.05, 4.69) is 43.1 Å². The number of hydrogen-bond acceptors (Lipinski definition) is 3. The molecule has 0 bridgehead atoms. The minimum atomic E-state index is 0.0950. The molecule has 1 aromatic heterocycles. The second kappa shape index (κ2) is 8.23. The fraction of sp³-hybridized carbons (Fsp3) is 0.238. The molecule has 0 fully saturated rings. The van der Waals surface area contributed by atoms with Gasteiger partial charge in [-0.15, -0.1) is 0 Å². The van der Waals surface area contributed by atoms with Crippen molar-refractivity contribution in [1.29, 1.82) is 0 Å². The predicted octanol–water partition coefficient (Wildman–Crippen LogP) is 4.24. The van der Waals surface area contributed by atoms with E-state index in [-0.39, 0.29) is 5.91 Å². The van der Waals surface area contributed by atoms with Crippen LogP contribution in [0.2, 0.25) is 0 Å². The molecule has 0 N–H and O–H groups in total. The number of amides is 1. The van der Waals surface area contributed by atoms with E-state index in [0.29, 0.717) is 12.3 Å². The van der Waals surface area contributed by atoms with Gasteiger partial charge in [0.25, 0.3) is 0 Å². The fourth-order valence-electron chi connectivity index (χ4n) is 2.78. The van der Waals surface area contributed by atoms with Gasteiger partial charge in [-0.05, 0) is 36.6 Å². The van der Waals surface area contributed by atoms with Crippen LogP contribution in [0, 0.1) is 13.8 Å². The third-order valence-electron chi connectivity index (χ3n) is 4.40. The molecule has 0 aliphatic carbocycles. The standard InChI is InChI=1S/C21H23N3OS/c1-16-8-4-6-10-18(16)14-23(3)20(25)15-26-21-22-12-13-24(21)19-11-7-5-9-17(19)2/h4-13H,14-15H2,1-3H3. The van der Waals surface area contributed by atoms with E-state index >= 15 is 0 Å². The molecule has 4 nitrogen and oxygen atoms in total. The van der Waals surface area contributed by atoms with Crippen molar-refractivity contribution in [3.05, 3.63) is 77.6 Å². The van der Waals surface area contributed by atoms with E-state index in [4.69, 9.17) is 0 Å². The number of imidazole rings is 1. The van der Waals surface area contributed by atoms with E-state index in [1.165, 1.54) is 28.5 Å². The van der Waals surface area contributed by atoms with Crippen molar-refractivity contribution < 1.29 is 4.79 Å². The van der Waals surface area contributed by atoms with Crippen molar-refractivity contribution in [1.82, 2.24) is 14.5 Å². The molecular formula is C21H23N3OS. The molecule has 0 radical (unpaired) electrons. The van der Waals surface area contributed by atoms with Crippen molar-refractivity contribution in [3.8, 4) is 5.69 Å². The Balaban J connectivity index is 1.65. The van der Waals surface area contributed by atoms with Gasteiger partial charge < -0.3 is 4.90 Å². The smallest absolute Gasteiger partial charge is 0.233 e. The zero-order valence-electron chi connectivity index (χ0n) is 15.3. The zero-order valence-corrected chi connectivity index (χ0v) is 16.2. The Morgan fingerprint density at radius 1 is 1.08 bits per heavy atom. The van der Waals surface area contributed by atoms with Gasteiger partial charge in [0, 0.05) is 26.0 Å². The Kier molecular flexibility index (Phi) is 5.78. The van der Waals surface area contributed by atoms with Crippen molar-refractivity contribution in [2.45, 2.75) is 25.5 Å². The maximum absolute atomic E-state index is 12.5. The SMILES string of the molecule is Cc1ccccc1CN(C)C(=O)CSc1nccn1-c1ccccc1C. The fourth-order valence-corrected chi connectivity index (χ4v) is 3.69. The Morgan fingerprint density at radius 3 is 2.50 bits per heavy atom. The lowest BCUT2D eigenvalue weighted by Crippen LogP contribution is -2.28. The number of nitrogens with zero attached hydrogens (tertiary/aromatic N) is 3. The summed E-state index contributed by atoms with van der Waals surface area (Å²) in [6.07, 6.45) is 3.71. The van der Waals surface area contributed by atoms with Crippen LogP contribution in [0.4, 0.5) is 0 Å². The Hall–Kier alpha value is -2.53. The summed E-state index contributed by atoms with van der Waals surface area (Å²) in [5.41, 5.74) is 4.65. The van der Waals surface area contributed by atoms with Crippen molar-refractivity contribution in [2.24, 2.45) is 0 Å². The Morgan fingerprint density at radius 2 is 1.77 bits per heavy atom. The number of benzene rings is 2. The average Bonchev–Trinajstić information content (AvgIpc) is 3.10. The first-order valence-corrected chi connectivity index (χ1v) is 9.55. The van der Waals surface area contributed by atoms with Gasteiger partial charge >= 0.3 is 0 Å². The monoisotopic (exact) mass is 365 g/mol.